The minimum absolute atomic E-state index is 0.0105. The fourth-order valence-corrected chi connectivity index (χ4v) is 5.99. The van der Waals surface area contributed by atoms with Crippen LogP contribution in [0.2, 0.25) is 10.0 Å². The molecule has 0 saturated heterocycles. The third-order valence-corrected chi connectivity index (χ3v) is 7.71. The Morgan fingerprint density at radius 2 is 1.77 bits per heavy atom. The van der Waals surface area contributed by atoms with Crippen molar-refractivity contribution < 1.29 is 8.42 Å². The first-order valence-electron chi connectivity index (χ1n) is 8.45. The van der Waals surface area contributed by atoms with E-state index in [1.165, 1.54) is 42.4 Å². The lowest BCUT2D eigenvalue weighted by Gasteiger charge is -2.17. The van der Waals surface area contributed by atoms with Gasteiger partial charge in [0.25, 0.3) is 10.0 Å². The van der Waals surface area contributed by atoms with E-state index in [0.29, 0.717) is 10.7 Å². The minimum atomic E-state index is -3.90. The molecule has 0 N–H and O–H groups in total. The predicted molar refractivity (Wildman–Crippen MR) is 108 cm³/mol. The third kappa shape index (κ3) is 4.35. The van der Waals surface area contributed by atoms with Crippen molar-refractivity contribution in [2.24, 2.45) is 10.3 Å². The second kappa shape index (κ2) is 6.97. The van der Waals surface area contributed by atoms with Crippen molar-refractivity contribution in [3.63, 3.8) is 0 Å². The van der Waals surface area contributed by atoms with Crippen molar-refractivity contribution in [2.75, 3.05) is 0 Å². The molecule has 0 aliphatic heterocycles. The molecule has 3 rings (SSSR count). The van der Waals surface area contributed by atoms with Crippen molar-refractivity contribution in [3.05, 3.63) is 43.6 Å². The molecule has 0 bridgehead atoms. The Balaban J connectivity index is 2.17. The highest BCUT2D eigenvalue weighted by molar-refractivity contribution is 7.90. The Bertz CT molecular complexity index is 991. The van der Waals surface area contributed by atoms with Crippen LogP contribution in [0.3, 0.4) is 0 Å². The molecule has 2 aromatic rings. The van der Waals surface area contributed by atoms with Gasteiger partial charge in [-0.1, -0.05) is 44.0 Å². The lowest BCUT2D eigenvalue weighted by atomic mass is 9.93. The van der Waals surface area contributed by atoms with E-state index in [1.54, 1.807) is 0 Å². The fraction of sp³-hybridized carbons (Fsp3) is 0.500. The molecule has 1 aliphatic rings. The lowest BCUT2D eigenvalue weighted by molar-refractivity contribution is 0.562. The van der Waals surface area contributed by atoms with Crippen LogP contribution in [0.5, 0.6) is 0 Å². The molecule has 0 atom stereocenters. The summed E-state index contributed by atoms with van der Waals surface area (Å²) in [5.41, 5.74) is 1.02. The van der Waals surface area contributed by atoms with Gasteiger partial charge in [0.1, 0.15) is 0 Å². The second-order valence-corrected chi connectivity index (χ2v) is 11.2. The van der Waals surface area contributed by atoms with Gasteiger partial charge in [-0.05, 0) is 49.3 Å². The van der Waals surface area contributed by atoms with Crippen LogP contribution in [-0.2, 0) is 22.0 Å². The van der Waals surface area contributed by atoms with Crippen LogP contribution in [0.15, 0.2) is 27.5 Å². The maximum atomic E-state index is 12.8. The average Bonchev–Trinajstić information content (AvgIpc) is 3.25. The van der Waals surface area contributed by atoms with Gasteiger partial charge in [0.15, 0.2) is 0 Å². The summed E-state index contributed by atoms with van der Waals surface area (Å²) in [5, 5.41) is 0.546. The predicted octanol–water partition coefficient (Wildman–Crippen LogP) is 5.16. The summed E-state index contributed by atoms with van der Waals surface area (Å²) >= 11 is 13.4. The summed E-state index contributed by atoms with van der Waals surface area (Å²) in [6, 6.07) is 4.26. The topological polar surface area (TPSA) is 51.4 Å². The van der Waals surface area contributed by atoms with Gasteiger partial charge in [-0.15, -0.1) is 15.7 Å². The normalized spacial score (nSPS) is 16.3. The first-order chi connectivity index (χ1) is 12.0. The Morgan fingerprint density at radius 1 is 1.19 bits per heavy atom. The van der Waals surface area contributed by atoms with E-state index in [1.807, 2.05) is 11.5 Å². The number of nitrogens with zero attached hydrogens (tertiary/aromatic N) is 2. The van der Waals surface area contributed by atoms with Crippen LogP contribution in [0, 0.1) is 12.8 Å². The quantitative estimate of drug-likeness (QED) is 0.669. The summed E-state index contributed by atoms with van der Waals surface area (Å²) in [6.45, 7) is 9.23. The van der Waals surface area contributed by atoms with Gasteiger partial charge < -0.3 is 4.57 Å². The molecular formula is C18H22Cl2N2O2S2. The van der Waals surface area contributed by atoms with Crippen molar-refractivity contribution in [2.45, 2.75) is 57.4 Å². The molecule has 142 valence electrons. The van der Waals surface area contributed by atoms with Crippen LogP contribution in [0.1, 0.15) is 44.2 Å². The van der Waals surface area contributed by atoms with Crippen molar-refractivity contribution in [1.29, 1.82) is 0 Å². The zero-order valence-electron chi connectivity index (χ0n) is 15.2. The molecule has 1 heterocycles. The molecule has 1 aromatic heterocycles. The molecule has 0 spiro atoms. The van der Waals surface area contributed by atoms with Gasteiger partial charge in [-0.25, -0.2) is 0 Å². The van der Waals surface area contributed by atoms with Gasteiger partial charge in [0, 0.05) is 27.2 Å². The van der Waals surface area contributed by atoms with Crippen LogP contribution in [0.25, 0.3) is 0 Å². The number of rotatable bonds is 4. The molecule has 1 fully saturated rings. The Morgan fingerprint density at radius 3 is 2.27 bits per heavy atom. The number of aromatic nitrogens is 1. The lowest BCUT2D eigenvalue weighted by Crippen LogP contribution is -2.20. The van der Waals surface area contributed by atoms with Gasteiger partial charge in [0.2, 0.25) is 4.80 Å². The summed E-state index contributed by atoms with van der Waals surface area (Å²) < 4.78 is 31.9. The van der Waals surface area contributed by atoms with E-state index in [0.717, 1.165) is 17.1 Å². The molecule has 26 heavy (non-hydrogen) atoms. The number of hydrogen-bond acceptors (Lipinski definition) is 3. The van der Waals surface area contributed by atoms with Crippen LogP contribution >= 0.6 is 34.5 Å². The van der Waals surface area contributed by atoms with Crippen molar-refractivity contribution in [3.8, 4) is 0 Å². The van der Waals surface area contributed by atoms with Crippen molar-refractivity contribution in [1.82, 2.24) is 4.57 Å². The van der Waals surface area contributed by atoms with Crippen LogP contribution < -0.4 is 4.80 Å². The second-order valence-electron chi connectivity index (χ2n) is 7.77. The van der Waals surface area contributed by atoms with Gasteiger partial charge >= 0.3 is 0 Å². The number of halogens is 2. The SMILES string of the molecule is Cc1c(C(C)(C)C)s/c(=N\S(=O)(=O)c2cc(Cl)cc(Cl)c2)n1CC1CC1. The summed E-state index contributed by atoms with van der Waals surface area (Å²) in [6.07, 6.45) is 2.37. The zero-order chi connectivity index (χ0) is 19.3. The number of thiazole rings is 1. The summed E-state index contributed by atoms with van der Waals surface area (Å²) in [7, 11) is -3.90. The molecule has 1 aliphatic carbocycles. The molecule has 0 amide bonds. The maximum Gasteiger partial charge on any atom is 0.285 e. The average molecular weight is 433 g/mol. The summed E-state index contributed by atoms with van der Waals surface area (Å²) in [4.78, 5) is 1.67. The number of benzene rings is 1. The van der Waals surface area contributed by atoms with Crippen molar-refractivity contribution >= 4 is 44.6 Å². The van der Waals surface area contributed by atoms with E-state index in [4.69, 9.17) is 23.2 Å². The molecule has 1 saturated carbocycles. The molecule has 0 unspecified atom stereocenters. The van der Waals surface area contributed by atoms with Crippen LogP contribution in [0.4, 0.5) is 0 Å². The smallest absolute Gasteiger partial charge is 0.285 e. The molecule has 1 aromatic carbocycles. The van der Waals surface area contributed by atoms with E-state index < -0.39 is 10.0 Å². The Labute approximate surface area is 168 Å². The number of sulfonamides is 1. The third-order valence-electron chi connectivity index (χ3n) is 4.31. The van der Waals surface area contributed by atoms with E-state index in [-0.39, 0.29) is 20.4 Å². The maximum absolute atomic E-state index is 12.8. The monoisotopic (exact) mass is 432 g/mol. The fourth-order valence-electron chi connectivity index (χ4n) is 2.86. The highest BCUT2D eigenvalue weighted by Crippen LogP contribution is 2.34. The molecular weight excluding hydrogens is 411 g/mol. The van der Waals surface area contributed by atoms with Gasteiger partial charge in [-0.2, -0.15) is 8.42 Å². The number of hydrogen-bond donors (Lipinski definition) is 0. The Kier molecular flexibility index (Phi) is 5.34. The summed E-state index contributed by atoms with van der Waals surface area (Å²) in [5.74, 6) is 0.610. The first-order valence-corrected chi connectivity index (χ1v) is 11.5. The molecule has 0 radical (unpaired) electrons. The molecule has 8 heteroatoms. The van der Waals surface area contributed by atoms with E-state index in [9.17, 15) is 8.42 Å². The Hall–Kier alpha value is -0.820. The minimum Gasteiger partial charge on any atom is -0.320 e. The highest BCUT2D eigenvalue weighted by Gasteiger charge is 2.27. The van der Waals surface area contributed by atoms with Crippen LogP contribution in [-0.4, -0.2) is 13.0 Å². The van der Waals surface area contributed by atoms with Gasteiger partial charge in [-0.3, -0.25) is 0 Å². The first kappa shape index (κ1) is 19.9. The van der Waals surface area contributed by atoms with E-state index >= 15 is 0 Å². The highest BCUT2D eigenvalue weighted by atomic mass is 35.5. The largest absolute Gasteiger partial charge is 0.320 e. The van der Waals surface area contributed by atoms with Gasteiger partial charge in [0.05, 0.1) is 4.90 Å². The van der Waals surface area contributed by atoms with E-state index in [2.05, 4.69) is 25.2 Å². The molecule has 4 nitrogen and oxygen atoms in total. The zero-order valence-corrected chi connectivity index (χ0v) is 18.4. The standard InChI is InChI=1S/C18H22Cl2N2O2S2/c1-11-16(18(2,3)4)25-17(22(11)10-12-5-6-12)21-26(23,24)15-8-13(19)7-14(20)9-15/h7-9,12H,5-6,10H2,1-4H3/b21-17-.